The Balaban J connectivity index is 1.77. The third-order valence-corrected chi connectivity index (χ3v) is 4.33. The standard InChI is InChI=1S/C18H25N3/c1-15(2)11-18(9-6-10-19-18)12-16-13-20-21(14-16)17-7-4-3-5-8-17/h3-5,7-8,13-15,19H,6,9-12H2,1-2H3. The number of benzene rings is 1. The number of hydrogen-bond donors (Lipinski definition) is 1. The van der Waals surface area contributed by atoms with Gasteiger partial charge in [0, 0.05) is 11.7 Å². The minimum Gasteiger partial charge on any atom is -0.311 e. The zero-order valence-corrected chi connectivity index (χ0v) is 13.0. The van der Waals surface area contributed by atoms with Crippen LogP contribution < -0.4 is 5.32 Å². The van der Waals surface area contributed by atoms with Crippen molar-refractivity contribution >= 4 is 0 Å². The van der Waals surface area contributed by atoms with E-state index in [1.807, 2.05) is 16.9 Å². The Kier molecular flexibility index (Phi) is 4.11. The van der Waals surface area contributed by atoms with E-state index in [4.69, 9.17) is 0 Å². The van der Waals surface area contributed by atoms with Gasteiger partial charge in [0.1, 0.15) is 0 Å². The number of rotatable bonds is 5. The second-order valence-corrected chi connectivity index (χ2v) is 6.71. The maximum Gasteiger partial charge on any atom is 0.0645 e. The normalized spacial score (nSPS) is 22.0. The van der Waals surface area contributed by atoms with E-state index in [1.165, 1.54) is 24.8 Å². The highest BCUT2D eigenvalue weighted by Gasteiger charge is 2.34. The molecule has 2 heterocycles. The summed E-state index contributed by atoms with van der Waals surface area (Å²) in [4.78, 5) is 0. The van der Waals surface area contributed by atoms with E-state index in [1.54, 1.807) is 0 Å². The third-order valence-electron chi connectivity index (χ3n) is 4.33. The van der Waals surface area contributed by atoms with Crippen LogP contribution in [-0.2, 0) is 6.42 Å². The summed E-state index contributed by atoms with van der Waals surface area (Å²) in [5, 5.41) is 8.29. The quantitative estimate of drug-likeness (QED) is 0.909. The molecule has 0 aliphatic carbocycles. The van der Waals surface area contributed by atoms with Crippen LogP contribution in [0.1, 0.15) is 38.7 Å². The van der Waals surface area contributed by atoms with E-state index in [0.29, 0.717) is 0 Å². The average molecular weight is 283 g/mol. The van der Waals surface area contributed by atoms with Crippen molar-refractivity contribution < 1.29 is 0 Å². The van der Waals surface area contributed by atoms with Gasteiger partial charge in [-0.3, -0.25) is 0 Å². The molecule has 21 heavy (non-hydrogen) atoms. The predicted molar refractivity (Wildman–Crippen MR) is 86.7 cm³/mol. The fraction of sp³-hybridized carbons (Fsp3) is 0.500. The first-order valence-electron chi connectivity index (χ1n) is 8.01. The minimum atomic E-state index is 0.277. The number of hydrogen-bond acceptors (Lipinski definition) is 2. The average Bonchev–Trinajstić information content (AvgIpc) is 3.09. The molecule has 1 saturated heterocycles. The molecule has 1 unspecified atom stereocenters. The lowest BCUT2D eigenvalue weighted by Gasteiger charge is -2.31. The molecule has 1 N–H and O–H groups in total. The van der Waals surface area contributed by atoms with Crippen molar-refractivity contribution in [2.45, 2.75) is 45.1 Å². The van der Waals surface area contributed by atoms with Gasteiger partial charge in [0.15, 0.2) is 0 Å². The largest absolute Gasteiger partial charge is 0.311 e. The maximum absolute atomic E-state index is 4.53. The number of nitrogens with one attached hydrogen (secondary N) is 1. The molecule has 2 aromatic rings. The van der Waals surface area contributed by atoms with E-state index in [-0.39, 0.29) is 5.54 Å². The molecule has 1 atom stereocenters. The molecule has 3 nitrogen and oxygen atoms in total. The number of para-hydroxylation sites is 1. The van der Waals surface area contributed by atoms with E-state index in [0.717, 1.165) is 24.6 Å². The van der Waals surface area contributed by atoms with Crippen molar-refractivity contribution in [1.82, 2.24) is 15.1 Å². The second kappa shape index (κ2) is 6.02. The first-order valence-corrected chi connectivity index (χ1v) is 8.01. The molecule has 1 fully saturated rings. The Morgan fingerprint density at radius 3 is 2.76 bits per heavy atom. The fourth-order valence-corrected chi connectivity index (χ4v) is 3.61. The molecular weight excluding hydrogens is 258 g/mol. The highest BCUT2D eigenvalue weighted by atomic mass is 15.3. The molecule has 0 saturated carbocycles. The lowest BCUT2D eigenvalue weighted by molar-refractivity contribution is 0.301. The number of nitrogens with zero attached hydrogens (tertiary/aromatic N) is 2. The summed E-state index contributed by atoms with van der Waals surface area (Å²) in [5.41, 5.74) is 2.73. The van der Waals surface area contributed by atoms with E-state index in [9.17, 15) is 0 Å². The molecule has 1 aliphatic heterocycles. The van der Waals surface area contributed by atoms with E-state index < -0.39 is 0 Å². The summed E-state index contributed by atoms with van der Waals surface area (Å²) < 4.78 is 1.98. The second-order valence-electron chi connectivity index (χ2n) is 6.71. The zero-order chi connectivity index (χ0) is 14.7. The molecule has 0 radical (unpaired) electrons. The Bertz CT molecular complexity index is 565. The van der Waals surface area contributed by atoms with Crippen LogP contribution in [0.25, 0.3) is 5.69 Å². The van der Waals surface area contributed by atoms with Crippen LogP contribution >= 0.6 is 0 Å². The Labute approximate surface area is 127 Å². The molecule has 0 spiro atoms. The first kappa shape index (κ1) is 14.3. The van der Waals surface area contributed by atoms with Gasteiger partial charge in [0.05, 0.1) is 11.9 Å². The molecular formula is C18H25N3. The van der Waals surface area contributed by atoms with E-state index in [2.05, 4.69) is 54.7 Å². The minimum absolute atomic E-state index is 0.277. The first-order chi connectivity index (χ1) is 10.2. The van der Waals surface area contributed by atoms with Crippen molar-refractivity contribution in [2.24, 2.45) is 5.92 Å². The molecule has 0 amide bonds. The number of aromatic nitrogens is 2. The Morgan fingerprint density at radius 1 is 1.29 bits per heavy atom. The van der Waals surface area contributed by atoms with Crippen LogP contribution in [0.2, 0.25) is 0 Å². The SMILES string of the molecule is CC(C)CC1(Cc2cnn(-c3ccccc3)c2)CCCN1. The van der Waals surface area contributed by atoms with Crippen LogP contribution in [-0.4, -0.2) is 21.9 Å². The molecule has 3 heteroatoms. The molecule has 3 rings (SSSR count). The van der Waals surface area contributed by atoms with Gasteiger partial charge in [-0.25, -0.2) is 4.68 Å². The van der Waals surface area contributed by atoms with Crippen LogP contribution in [0.3, 0.4) is 0 Å². The predicted octanol–water partition coefficient (Wildman–Crippen LogP) is 3.58. The van der Waals surface area contributed by atoms with Crippen molar-refractivity contribution in [3.8, 4) is 5.69 Å². The van der Waals surface area contributed by atoms with Crippen molar-refractivity contribution in [1.29, 1.82) is 0 Å². The maximum atomic E-state index is 4.53. The summed E-state index contributed by atoms with van der Waals surface area (Å²) in [5.74, 6) is 0.722. The topological polar surface area (TPSA) is 29.9 Å². The van der Waals surface area contributed by atoms with Crippen LogP contribution in [0.15, 0.2) is 42.7 Å². The van der Waals surface area contributed by atoms with Gasteiger partial charge >= 0.3 is 0 Å². The smallest absolute Gasteiger partial charge is 0.0645 e. The molecule has 1 aliphatic rings. The molecule has 1 aromatic carbocycles. The lowest BCUT2D eigenvalue weighted by atomic mass is 9.83. The summed E-state index contributed by atoms with van der Waals surface area (Å²) in [7, 11) is 0. The van der Waals surface area contributed by atoms with Gasteiger partial charge in [0.25, 0.3) is 0 Å². The molecule has 0 bridgehead atoms. The van der Waals surface area contributed by atoms with Crippen molar-refractivity contribution in [2.75, 3.05) is 6.54 Å². The summed E-state index contributed by atoms with van der Waals surface area (Å²) in [6.45, 7) is 5.78. The van der Waals surface area contributed by atoms with Crippen LogP contribution in [0.4, 0.5) is 0 Å². The monoisotopic (exact) mass is 283 g/mol. The van der Waals surface area contributed by atoms with E-state index >= 15 is 0 Å². The summed E-state index contributed by atoms with van der Waals surface area (Å²) in [6, 6.07) is 10.3. The van der Waals surface area contributed by atoms with Crippen molar-refractivity contribution in [3.05, 3.63) is 48.3 Å². The third kappa shape index (κ3) is 3.35. The summed E-state index contributed by atoms with van der Waals surface area (Å²) >= 11 is 0. The zero-order valence-electron chi connectivity index (χ0n) is 13.0. The summed E-state index contributed by atoms with van der Waals surface area (Å²) in [6.07, 6.45) is 9.09. The van der Waals surface area contributed by atoms with Gasteiger partial charge in [-0.1, -0.05) is 32.0 Å². The van der Waals surface area contributed by atoms with Gasteiger partial charge < -0.3 is 5.32 Å². The van der Waals surface area contributed by atoms with Gasteiger partial charge in [0.2, 0.25) is 0 Å². The fourth-order valence-electron chi connectivity index (χ4n) is 3.61. The lowest BCUT2D eigenvalue weighted by Crippen LogP contribution is -2.43. The molecule has 1 aromatic heterocycles. The molecule has 112 valence electrons. The Hall–Kier alpha value is -1.61. The van der Waals surface area contributed by atoms with Crippen molar-refractivity contribution in [3.63, 3.8) is 0 Å². The highest BCUT2D eigenvalue weighted by molar-refractivity contribution is 5.31. The van der Waals surface area contributed by atoms with Gasteiger partial charge in [-0.15, -0.1) is 0 Å². The van der Waals surface area contributed by atoms with Gasteiger partial charge in [-0.05, 0) is 55.8 Å². The van der Waals surface area contributed by atoms with Crippen LogP contribution in [0.5, 0.6) is 0 Å². The van der Waals surface area contributed by atoms with Gasteiger partial charge in [-0.2, -0.15) is 5.10 Å². The van der Waals surface area contributed by atoms with Crippen LogP contribution in [0, 0.1) is 5.92 Å². The highest BCUT2D eigenvalue weighted by Crippen LogP contribution is 2.30. The Morgan fingerprint density at radius 2 is 2.10 bits per heavy atom.